The molecule has 0 saturated heterocycles. The summed E-state index contributed by atoms with van der Waals surface area (Å²) in [6.07, 6.45) is 1.83. The van der Waals surface area contributed by atoms with Gasteiger partial charge in [-0.25, -0.2) is 4.79 Å². The van der Waals surface area contributed by atoms with Crippen molar-refractivity contribution >= 4 is 5.97 Å². The molecule has 0 aliphatic rings. The van der Waals surface area contributed by atoms with Gasteiger partial charge in [0.1, 0.15) is 5.56 Å². The molecule has 1 aromatic heterocycles. The second-order valence-electron chi connectivity index (χ2n) is 2.76. The highest BCUT2D eigenvalue weighted by atomic mass is 16.5. The van der Waals surface area contributed by atoms with Crippen LogP contribution in [0.15, 0.2) is 16.7 Å². The summed E-state index contributed by atoms with van der Waals surface area (Å²) in [4.78, 5) is 11.3. The smallest absolute Gasteiger partial charge is 0.345 e. The normalized spacial score (nSPS) is 12.5. The highest BCUT2D eigenvalue weighted by Gasteiger charge is 2.17. The Kier molecular flexibility index (Phi) is 2.95. The molecule has 0 radical (unpaired) electrons. The standard InChI is InChI=1S/C9H12O4/c1-3-6(2)13-9(11)7-4-5-12-8(7)10/h4-6,10H,3H2,1-2H3. The van der Waals surface area contributed by atoms with Crippen LogP contribution in [-0.2, 0) is 4.74 Å². The van der Waals surface area contributed by atoms with Gasteiger partial charge in [0.05, 0.1) is 12.4 Å². The van der Waals surface area contributed by atoms with E-state index in [1.807, 2.05) is 6.92 Å². The molecule has 0 amide bonds. The van der Waals surface area contributed by atoms with Crippen LogP contribution in [0.2, 0.25) is 0 Å². The second kappa shape index (κ2) is 3.98. The number of aromatic hydroxyl groups is 1. The van der Waals surface area contributed by atoms with Crippen LogP contribution in [0.3, 0.4) is 0 Å². The van der Waals surface area contributed by atoms with Crippen molar-refractivity contribution in [3.8, 4) is 5.95 Å². The lowest BCUT2D eigenvalue weighted by molar-refractivity contribution is 0.0329. The van der Waals surface area contributed by atoms with Crippen LogP contribution in [0, 0.1) is 0 Å². The largest absolute Gasteiger partial charge is 0.480 e. The van der Waals surface area contributed by atoms with Crippen LogP contribution >= 0.6 is 0 Å². The number of furan rings is 1. The summed E-state index contributed by atoms with van der Waals surface area (Å²) in [6.45, 7) is 3.70. The summed E-state index contributed by atoms with van der Waals surface area (Å²) in [7, 11) is 0. The molecule has 0 aliphatic carbocycles. The summed E-state index contributed by atoms with van der Waals surface area (Å²) in [5, 5.41) is 9.04. The summed E-state index contributed by atoms with van der Waals surface area (Å²) in [5.41, 5.74) is 0.0697. The molecule has 0 saturated carbocycles. The topological polar surface area (TPSA) is 59.7 Å². The molecular weight excluding hydrogens is 172 g/mol. The van der Waals surface area contributed by atoms with Crippen LogP contribution < -0.4 is 0 Å². The average Bonchev–Trinajstić information content (AvgIpc) is 2.51. The first-order valence-corrected chi connectivity index (χ1v) is 4.12. The first-order chi connectivity index (χ1) is 6.15. The van der Waals surface area contributed by atoms with Gasteiger partial charge >= 0.3 is 5.97 Å². The molecule has 1 unspecified atom stereocenters. The number of esters is 1. The summed E-state index contributed by atoms with van der Waals surface area (Å²) >= 11 is 0. The maximum Gasteiger partial charge on any atom is 0.345 e. The first kappa shape index (κ1) is 9.64. The van der Waals surface area contributed by atoms with Crippen molar-refractivity contribution in [3.63, 3.8) is 0 Å². The van der Waals surface area contributed by atoms with E-state index in [2.05, 4.69) is 4.42 Å². The molecule has 4 nitrogen and oxygen atoms in total. The third kappa shape index (κ3) is 2.24. The zero-order chi connectivity index (χ0) is 9.84. The third-order valence-corrected chi connectivity index (χ3v) is 1.75. The molecule has 4 heteroatoms. The Labute approximate surface area is 76.1 Å². The van der Waals surface area contributed by atoms with Gasteiger partial charge in [-0.1, -0.05) is 6.92 Å². The zero-order valence-corrected chi connectivity index (χ0v) is 7.61. The van der Waals surface area contributed by atoms with E-state index >= 15 is 0 Å². The fraction of sp³-hybridized carbons (Fsp3) is 0.444. The molecule has 13 heavy (non-hydrogen) atoms. The molecule has 0 fully saturated rings. The van der Waals surface area contributed by atoms with E-state index in [4.69, 9.17) is 9.84 Å². The van der Waals surface area contributed by atoms with Crippen molar-refractivity contribution in [1.29, 1.82) is 0 Å². The maximum atomic E-state index is 11.3. The number of ether oxygens (including phenoxy) is 1. The predicted molar refractivity (Wildman–Crippen MR) is 45.5 cm³/mol. The van der Waals surface area contributed by atoms with E-state index in [1.54, 1.807) is 6.92 Å². The molecule has 0 spiro atoms. The molecule has 1 atom stereocenters. The lowest BCUT2D eigenvalue weighted by Crippen LogP contribution is -2.13. The Morgan fingerprint density at radius 3 is 2.92 bits per heavy atom. The Hall–Kier alpha value is -1.45. The third-order valence-electron chi connectivity index (χ3n) is 1.75. The van der Waals surface area contributed by atoms with Crippen LogP contribution in [-0.4, -0.2) is 17.2 Å². The van der Waals surface area contributed by atoms with Gasteiger partial charge in [0.2, 0.25) is 0 Å². The molecule has 1 rings (SSSR count). The van der Waals surface area contributed by atoms with Crippen molar-refractivity contribution in [3.05, 3.63) is 17.9 Å². The fourth-order valence-corrected chi connectivity index (χ4v) is 0.786. The minimum atomic E-state index is -0.555. The van der Waals surface area contributed by atoms with Crippen molar-refractivity contribution in [2.45, 2.75) is 26.4 Å². The van der Waals surface area contributed by atoms with Crippen molar-refractivity contribution in [2.24, 2.45) is 0 Å². The molecule has 72 valence electrons. The molecule has 1 N–H and O–H groups in total. The van der Waals surface area contributed by atoms with Gasteiger partial charge in [0.15, 0.2) is 0 Å². The van der Waals surface area contributed by atoms with Crippen molar-refractivity contribution < 1.29 is 19.1 Å². The lowest BCUT2D eigenvalue weighted by Gasteiger charge is -2.09. The first-order valence-electron chi connectivity index (χ1n) is 4.12. The molecule has 0 bridgehead atoms. The predicted octanol–water partition coefficient (Wildman–Crippen LogP) is 1.94. The summed E-state index contributed by atoms with van der Waals surface area (Å²) < 4.78 is 9.52. The van der Waals surface area contributed by atoms with Gasteiger partial charge in [-0.2, -0.15) is 0 Å². The quantitative estimate of drug-likeness (QED) is 0.729. The number of carbonyl (C=O) groups is 1. The van der Waals surface area contributed by atoms with E-state index in [0.29, 0.717) is 0 Å². The lowest BCUT2D eigenvalue weighted by atomic mass is 10.3. The minimum Gasteiger partial charge on any atom is -0.480 e. The molecule has 0 aromatic carbocycles. The minimum absolute atomic E-state index is 0.0697. The molecule has 0 aliphatic heterocycles. The van der Waals surface area contributed by atoms with Crippen LogP contribution in [0.1, 0.15) is 30.6 Å². The van der Waals surface area contributed by atoms with Gasteiger partial charge in [-0.3, -0.25) is 0 Å². The van der Waals surface area contributed by atoms with Crippen molar-refractivity contribution in [2.75, 3.05) is 0 Å². The molecular formula is C9H12O4. The van der Waals surface area contributed by atoms with Crippen LogP contribution in [0.5, 0.6) is 5.95 Å². The molecule has 1 aromatic rings. The van der Waals surface area contributed by atoms with E-state index in [-0.39, 0.29) is 11.7 Å². The highest BCUT2D eigenvalue weighted by molar-refractivity contribution is 5.91. The van der Waals surface area contributed by atoms with E-state index < -0.39 is 11.9 Å². The number of hydrogen-bond acceptors (Lipinski definition) is 4. The Bertz CT molecular complexity index is 290. The van der Waals surface area contributed by atoms with Crippen LogP contribution in [0.25, 0.3) is 0 Å². The average molecular weight is 184 g/mol. The molecule has 1 heterocycles. The zero-order valence-electron chi connectivity index (χ0n) is 7.61. The SMILES string of the molecule is CCC(C)OC(=O)c1ccoc1O. The van der Waals surface area contributed by atoms with Gasteiger partial charge in [0.25, 0.3) is 5.95 Å². The van der Waals surface area contributed by atoms with Gasteiger partial charge < -0.3 is 14.3 Å². The van der Waals surface area contributed by atoms with E-state index in [0.717, 1.165) is 6.42 Å². The number of hydrogen-bond donors (Lipinski definition) is 1. The monoisotopic (exact) mass is 184 g/mol. The van der Waals surface area contributed by atoms with Crippen LogP contribution in [0.4, 0.5) is 0 Å². The second-order valence-corrected chi connectivity index (χ2v) is 2.76. The highest BCUT2D eigenvalue weighted by Crippen LogP contribution is 2.19. The fourth-order valence-electron chi connectivity index (χ4n) is 0.786. The van der Waals surface area contributed by atoms with Gasteiger partial charge in [0, 0.05) is 0 Å². The van der Waals surface area contributed by atoms with Crippen molar-refractivity contribution in [1.82, 2.24) is 0 Å². The number of carbonyl (C=O) groups excluding carboxylic acids is 1. The Morgan fingerprint density at radius 2 is 2.46 bits per heavy atom. The van der Waals surface area contributed by atoms with Gasteiger partial charge in [-0.15, -0.1) is 0 Å². The number of rotatable bonds is 3. The summed E-state index contributed by atoms with van der Waals surface area (Å²) in [6, 6.07) is 1.38. The van der Waals surface area contributed by atoms with Gasteiger partial charge in [-0.05, 0) is 19.4 Å². The maximum absolute atomic E-state index is 11.3. The Balaban J connectivity index is 2.64. The Morgan fingerprint density at radius 1 is 1.77 bits per heavy atom. The van der Waals surface area contributed by atoms with E-state index in [1.165, 1.54) is 12.3 Å². The summed E-state index contributed by atoms with van der Waals surface area (Å²) in [5.74, 6) is -0.950. The van der Waals surface area contributed by atoms with E-state index in [9.17, 15) is 4.79 Å².